The summed E-state index contributed by atoms with van der Waals surface area (Å²) in [6.07, 6.45) is -6.02. The first kappa shape index (κ1) is 23.8. The van der Waals surface area contributed by atoms with Crippen molar-refractivity contribution in [1.82, 2.24) is 5.32 Å². The number of amides is 1. The van der Waals surface area contributed by atoms with Crippen LogP contribution < -0.4 is 5.32 Å². The van der Waals surface area contributed by atoms with Gasteiger partial charge in [0.2, 0.25) is 12.0 Å². The summed E-state index contributed by atoms with van der Waals surface area (Å²) < 4.78 is 25.9. The minimum absolute atomic E-state index is 0.513. The number of carbonyl (C=O) groups is 5. The number of nitrogens with zero attached hydrogens (tertiary/aromatic N) is 1. The molecular weight excluding hydrogens is 392 g/mol. The fraction of sp³-hybridized carbons (Fsp3) is 0.647. The highest BCUT2D eigenvalue weighted by atomic mass is 16.7. The molecular formula is C17H22N2O10. The quantitative estimate of drug-likeness (QED) is 0.422. The van der Waals surface area contributed by atoms with Crippen LogP contribution in [0.4, 0.5) is 0 Å². The van der Waals surface area contributed by atoms with Crippen LogP contribution in [0.5, 0.6) is 0 Å². The molecule has 160 valence electrons. The molecule has 1 amide bonds. The molecule has 5 unspecified atom stereocenters. The van der Waals surface area contributed by atoms with Crippen molar-refractivity contribution in [2.45, 2.75) is 64.8 Å². The highest BCUT2D eigenvalue weighted by Gasteiger charge is 2.61. The summed E-state index contributed by atoms with van der Waals surface area (Å²) in [4.78, 5) is 57.8. The molecule has 12 heteroatoms. The molecule has 0 saturated carbocycles. The van der Waals surface area contributed by atoms with Crippen LogP contribution in [0.1, 0.15) is 34.6 Å². The summed E-state index contributed by atoms with van der Waals surface area (Å²) in [6, 6.07) is 1.70. The van der Waals surface area contributed by atoms with E-state index in [1.165, 1.54) is 0 Å². The summed E-state index contributed by atoms with van der Waals surface area (Å²) in [6.45, 7) is 4.80. The molecule has 0 aliphatic carbocycles. The highest BCUT2D eigenvalue weighted by molar-refractivity contribution is 5.75. The molecule has 1 N–H and O–H groups in total. The summed E-state index contributed by atoms with van der Waals surface area (Å²) in [5.41, 5.74) is -2.32. The predicted molar refractivity (Wildman–Crippen MR) is 90.3 cm³/mol. The van der Waals surface area contributed by atoms with Crippen molar-refractivity contribution in [1.29, 1.82) is 5.26 Å². The van der Waals surface area contributed by atoms with Gasteiger partial charge in [0.15, 0.2) is 12.2 Å². The first-order chi connectivity index (χ1) is 13.4. The highest BCUT2D eigenvalue weighted by Crippen LogP contribution is 2.34. The minimum atomic E-state index is -2.32. The molecule has 1 aliphatic heterocycles. The summed E-state index contributed by atoms with van der Waals surface area (Å²) in [5.74, 6) is -3.99. The molecule has 1 saturated heterocycles. The number of ether oxygens (including phenoxy) is 5. The van der Waals surface area contributed by atoms with Crippen LogP contribution in [0.15, 0.2) is 0 Å². The lowest BCUT2D eigenvalue weighted by molar-refractivity contribution is -0.276. The Morgan fingerprint density at radius 1 is 0.897 bits per heavy atom. The van der Waals surface area contributed by atoms with Gasteiger partial charge in [0, 0.05) is 34.6 Å². The molecule has 5 atom stereocenters. The Morgan fingerprint density at radius 3 is 1.83 bits per heavy atom. The third-order valence-corrected chi connectivity index (χ3v) is 3.60. The van der Waals surface area contributed by atoms with E-state index in [1.54, 1.807) is 6.07 Å². The molecule has 12 nitrogen and oxygen atoms in total. The van der Waals surface area contributed by atoms with Crippen molar-refractivity contribution >= 4 is 29.8 Å². The van der Waals surface area contributed by atoms with Gasteiger partial charge in [-0.05, 0) is 0 Å². The van der Waals surface area contributed by atoms with Crippen LogP contribution in [0.2, 0.25) is 0 Å². The van der Waals surface area contributed by atoms with Crippen LogP contribution in [-0.2, 0) is 47.7 Å². The standard InChI is InChI=1S/C17H22N2O10/c1-8(20)19-17(7-18)16(28-12(5)24)15(27-11(4)23)14(26-10(3)22)13(29-17)6-25-9(2)21/h13-16H,6H2,1-5H3,(H,19,20). The molecule has 0 aromatic rings. The molecule has 0 spiro atoms. The van der Waals surface area contributed by atoms with Crippen molar-refractivity contribution in [3.8, 4) is 6.07 Å². The zero-order chi connectivity index (χ0) is 22.4. The number of rotatable bonds is 6. The van der Waals surface area contributed by atoms with Gasteiger partial charge >= 0.3 is 23.9 Å². The average Bonchev–Trinajstić information content (AvgIpc) is 2.57. The van der Waals surface area contributed by atoms with Crippen LogP contribution in [0.25, 0.3) is 0 Å². The molecule has 0 aromatic heterocycles. The Balaban J connectivity index is 3.56. The maximum atomic E-state index is 11.7. The second kappa shape index (κ2) is 9.83. The topological polar surface area (TPSA) is 167 Å². The Bertz CT molecular complexity index is 730. The molecule has 0 aromatic carbocycles. The van der Waals surface area contributed by atoms with Gasteiger partial charge in [-0.3, -0.25) is 24.0 Å². The Morgan fingerprint density at radius 2 is 1.41 bits per heavy atom. The van der Waals surface area contributed by atoms with Crippen molar-refractivity contribution in [3.63, 3.8) is 0 Å². The van der Waals surface area contributed by atoms with Crippen LogP contribution >= 0.6 is 0 Å². The molecule has 0 radical (unpaired) electrons. The van der Waals surface area contributed by atoms with Gasteiger partial charge in [-0.25, -0.2) is 0 Å². The van der Waals surface area contributed by atoms with Gasteiger partial charge in [0.25, 0.3) is 5.72 Å². The van der Waals surface area contributed by atoms with Crippen LogP contribution in [-0.4, -0.2) is 66.5 Å². The lowest BCUT2D eigenvalue weighted by Gasteiger charge is -2.47. The Kier molecular flexibility index (Phi) is 8.08. The monoisotopic (exact) mass is 414 g/mol. The average molecular weight is 414 g/mol. The van der Waals surface area contributed by atoms with E-state index in [2.05, 4.69) is 5.32 Å². The van der Waals surface area contributed by atoms with E-state index >= 15 is 0 Å². The van der Waals surface area contributed by atoms with E-state index in [0.717, 1.165) is 34.6 Å². The first-order valence-electron chi connectivity index (χ1n) is 8.44. The molecule has 1 aliphatic rings. The van der Waals surface area contributed by atoms with E-state index in [1.807, 2.05) is 0 Å². The zero-order valence-electron chi connectivity index (χ0n) is 16.5. The van der Waals surface area contributed by atoms with E-state index in [-0.39, 0.29) is 0 Å². The summed E-state index contributed by atoms with van der Waals surface area (Å²) in [5, 5.41) is 12.0. The number of nitrogens with one attached hydrogen (secondary N) is 1. The van der Waals surface area contributed by atoms with E-state index in [0.29, 0.717) is 0 Å². The second-order valence-corrected chi connectivity index (χ2v) is 6.17. The lowest BCUT2D eigenvalue weighted by Crippen LogP contribution is -2.72. The predicted octanol–water partition coefficient (Wildman–Crippen LogP) is -0.901. The Labute approximate surface area is 166 Å². The Hall–Kier alpha value is -3.20. The number of esters is 4. The third-order valence-electron chi connectivity index (χ3n) is 3.60. The minimum Gasteiger partial charge on any atom is -0.463 e. The van der Waals surface area contributed by atoms with Gasteiger partial charge in [-0.15, -0.1) is 0 Å². The maximum Gasteiger partial charge on any atom is 0.303 e. The fourth-order valence-corrected chi connectivity index (χ4v) is 2.78. The fourth-order valence-electron chi connectivity index (χ4n) is 2.78. The zero-order valence-corrected chi connectivity index (χ0v) is 16.5. The molecule has 29 heavy (non-hydrogen) atoms. The normalized spacial score (nSPS) is 28.3. The van der Waals surface area contributed by atoms with Gasteiger partial charge in [-0.1, -0.05) is 0 Å². The maximum absolute atomic E-state index is 11.7. The number of hydrogen-bond acceptors (Lipinski definition) is 11. The van der Waals surface area contributed by atoms with E-state index in [4.69, 9.17) is 23.7 Å². The number of carbonyl (C=O) groups excluding carboxylic acids is 5. The van der Waals surface area contributed by atoms with Crippen LogP contribution in [0, 0.1) is 11.3 Å². The molecule has 1 rings (SSSR count). The molecule has 1 fully saturated rings. The summed E-state index contributed by atoms with van der Waals surface area (Å²) >= 11 is 0. The van der Waals surface area contributed by atoms with Gasteiger partial charge < -0.3 is 29.0 Å². The number of nitriles is 1. The number of hydrogen-bond donors (Lipinski definition) is 1. The van der Waals surface area contributed by atoms with Crippen molar-refractivity contribution in [2.24, 2.45) is 0 Å². The van der Waals surface area contributed by atoms with E-state index in [9.17, 15) is 29.2 Å². The smallest absolute Gasteiger partial charge is 0.303 e. The van der Waals surface area contributed by atoms with Gasteiger partial charge in [-0.2, -0.15) is 5.26 Å². The van der Waals surface area contributed by atoms with Gasteiger partial charge in [0.05, 0.1) is 0 Å². The largest absolute Gasteiger partial charge is 0.463 e. The van der Waals surface area contributed by atoms with Crippen molar-refractivity contribution in [3.05, 3.63) is 0 Å². The second-order valence-electron chi connectivity index (χ2n) is 6.17. The van der Waals surface area contributed by atoms with E-state index < -0.39 is 66.5 Å². The van der Waals surface area contributed by atoms with Gasteiger partial charge in [0.1, 0.15) is 18.8 Å². The third kappa shape index (κ3) is 6.42. The first-order valence-corrected chi connectivity index (χ1v) is 8.44. The van der Waals surface area contributed by atoms with Crippen LogP contribution in [0.3, 0.4) is 0 Å². The van der Waals surface area contributed by atoms with Crippen molar-refractivity contribution < 1.29 is 47.7 Å². The van der Waals surface area contributed by atoms with Crippen molar-refractivity contribution in [2.75, 3.05) is 6.61 Å². The lowest BCUT2D eigenvalue weighted by atomic mass is 9.90. The SMILES string of the molecule is CC(=O)NC1(C#N)OC(COC(C)=O)C(OC(C)=O)C(OC(C)=O)C1OC(C)=O. The molecule has 1 heterocycles. The molecule has 0 bridgehead atoms. The summed E-state index contributed by atoms with van der Waals surface area (Å²) in [7, 11) is 0.